The summed E-state index contributed by atoms with van der Waals surface area (Å²) in [4.78, 5) is 0.938. The highest BCUT2D eigenvalue weighted by Crippen LogP contribution is 2.32. The van der Waals surface area contributed by atoms with Gasteiger partial charge in [0.25, 0.3) is 0 Å². The molecule has 112 valence electrons. The number of hydrogen-bond donors (Lipinski definition) is 1. The van der Waals surface area contributed by atoms with Crippen LogP contribution in [0.2, 0.25) is 0 Å². The van der Waals surface area contributed by atoms with Crippen molar-refractivity contribution in [2.24, 2.45) is 0 Å². The van der Waals surface area contributed by atoms with Crippen LogP contribution < -0.4 is 9.47 Å². The van der Waals surface area contributed by atoms with Gasteiger partial charge in [-0.2, -0.15) is 0 Å². The molecule has 0 spiro atoms. The van der Waals surface area contributed by atoms with Crippen LogP contribution in [0.1, 0.15) is 11.7 Å². The van der Waals surface area contributed by atoms with Gasteiger partial charge < -0.3 is 14.6 Å². The molecule has 2 aromatic rings. The summed E-state index contributed by atoms with van der Waals surface area (Å²) in [7, 11) is 3.01. The molecule has 0 fully saturated rings. The lowest BCUT2D eigenvalue weighted by molar-refractivity contribution is 0.203. The smallest absolute Gasteiger partial charge is 0.165 e. The third kappa shape index (κ3) is 3.89. The summed E-state index contributed by atoms with van der Waals surface area (Å²) in [6.45, 7) is 0. The molecule has 0 aliphatic rings. The van der Waals surface area contributed by atoms with E-state index in [1.807, 2.05) is 24.3 Å². The van der Waals surface area contributed by atoms with Crippen LogP contribution >= 0.6 is 11.8 Å². The first-order valence-corrected chi connectivity index (χ1v) is 7.41. The number of aliphatic hydroxyl groups excluding tert-OH is 1. The molecule has 0 saturated heterocycles. The van der Waals surface area contributed by atoms with Crippen LogP contribution in [0, 0.1) is 5.82 Å². The highest BCUT2D eigenvalue weighted by molar-refractivity contribution is 7.99. The van der Waals surface area contributed by atoms with Crippen molar-refractivity contribution in [2.75, 3.05) is 20.0 Å². The first-order valence-electron chi connectivity index (χ1n) is 6.43. The van der Waals surface area contributed by atoms with Gasteiger partial charge in [-0.1, -0.05) is 18.2 Å². The van der Waals surface area contributed by atoms with E-state index in [-0.39, 0.29) is 5.75 Å². The van der Waals surface area contributed by atoms with Crippen LogP contribution in [-0.4, -0.2) is 25.1 Å². The van der Waals surface area contributed by atoms with Crippen molar-refractivity contribution < 1.29 is 19.0 Å². The lowest BCUT2D eigenvalue weighted by Gasteiger charge is -2.13. The van der Waals surface area contributed by atoms with Gasteiger partial charge in [-0.15, -0.1) is 11.8 Å². The Bertz CT molecular complexity index is 604. The zero-order chi connectivity index (χ0) is 15.2. The third-order valence-electron chi connectivity index (χ3n) is 3.03. The topological polar surface area (TPSA) is 38.7 Å². The van der Waals surface area contributed by atoms with Crippen LogP contribution in [-0.2, 0) is 0 Å². The van der Waals surface area contributed by atoms with E-state index in [0.717, 1.165) is 10.6 Å². The molecule has 2 rings (SSSR count). The molecule has 0 aliphatic carbocycles. The van der Waals surface area contributed by atoms with E-state index in [1.165, 1.54) is 31.0 Å². The largest absolute Gasteiger partial charge is 0.496 e. The van der Waals surface area contributed by atoms with Crippen molar-refractivity contribution in [3.8, 4) is 11.5 Å². The Hall–Kier alpha value is -1.72. The Kier molecular flexibility index (Phi) is 5.47. The van der Waals surface area contributed by atoms with E-state index in [9.17, 15) is 9.50 Å². The molecule has 1 unspecified atom stereocenters. The molecule has 5 heteroatoms. The molecule has 3 nitrogen and oxygen atoms in total. The maximum absolute atomic E-state index is 13.6. The van der Waals surface area contributed by atoms with Crippen molar-refractivity contribution in [2.45, 2.75) is 11.0 Å². The SMILES string of the molecule is COc1ccc(C(O)CSc2ccccc2OC)cc1F. The summed E-state index contributed by atoms with van der Waals surface area (Å²) in [5, 5.41) is 10.2. The van der Waals surface area contributed by atoms with E-state index in [2.05, 4.69) is 0 Å². The number of para-hydroxylation sites is 1. The lowest BCUT2D eigenvalue weighted by atomic mass is 10.1. The minimum Gasteiger partial charge on any atom is -0.496 e. The predicted octanol–water partition coefficient (Wildman–Crippen LogP) is 3.67. The summed E-state index contributed by atoms with van der Waals surface area (Å²) >= 11 is 1.46. The van der Waals surface area contributed by atoms with Crippen LogP contribution in [0.3, 0.4) is 0 Å². The van der Waals surface area contributed by atoms with Crippen molar-refractivity contribution in [1.82, 2.24) is 0 Å². The molecule has 2 aromatic carbocycles. The van der Waals surface area contributed by atoms with Gasteiger partial charge in [0.15, 0.2) is 11.6 Å². The summed E-state index contributed by atoms with van der Waals surface area (Å²) in [5.41, 5.74) is 0.524. The molecule has 0 bridgehead atoms. The zero-order valence-electron chi connectivity index (χ0n) is 11.9. The summed E-state index contributed by atoms with van der Waals surface area (Å²) in [6.07, 6.45) is -0.764. The number of ether oxygens (including phenoxy) is 2. The Morgan fingerprint density at radius 1 is 1.10 bits per heavy atom. The van der Waals surface area contributed by atoms with Gasteiger partial charge >= 0.3 is 0 Å². The van der Waals surface area contributed by atoms with Crippen LogP contribution in [0.5, 0.6) is 11.5 Å². The number of benzene rings is 2. The highest BCUT2D eigenvalue weighted by atomic mass is 32.2. The molecule has 0 heterocycles. The average molecular weight is 308 g/mol. The van der Waals surface area contributed by atoms with Crippen LogP contribution in [0.4, 0.5) is 4.39 Å². The van der Waals surface area contributed by atoms with Crippen molar-refractivity contribution >= 4 is 11.8 Å². The normalized spacial score (nSPS) is 12.0. The molecule has 1 N–H and O–H groups in total. The molecule has 0 radical (unpaired) electrons. The van der Waals surface area contributed by atoms with Gasteiger partial charge in [0.1, 0.15) is 5.75 Å². The molecule has 0 aliphatic heterocycles. The Morgan fingerprint density at radius 3 is 2.48 bits per heavy atom. The maximum atomic E-state index is 13.6. The van der Waals surface area contributed by atoms with E-state index in [0.29, 0.717) is 11.3 Å². The minimum atomic E-state index is -0.764. The number of aliphatic hydroxyl groups is 1. The van der Waals surface area contributed by atoms with Gasteiger partial charge in [-0.25, -0.2) is 4.39 Å². The van der Waals surface area contributed by atoms with E-state index < -0.39 is 11.9 Å². The average Bonchev–Trinajstić information content (AvgIpc) is 2.52. The quantitative estimate of drug-likeness (QED) is 0.827. The molecule has 0 saturated carbocycles. The second-order valence-electron chi connectivity index (χ2n) is 4.37. The van der Waals surface area contributed by atoms with Gasteiger partial charge in [-0.3, -0.25) is 0 Å². The Labute approximate surface area is 127 Å². The minimum absolute atomic E-state index is 0.170. The summed E-state index contributed by atoms with van der Waals surface area (Å²) < 4.78 is 23.7. The monoisotopic (exact) mass is 308 g/mol. The molecule has 0 aromatic heterocycles. The van der Waals surface area contributed by atoms with E-state index in [4.69, 9.17) is 9.47 Å². The van der Waals surface area contributed by atoms with Crippen molar-refractivity contribution in [1.29, 1.82) is 0 Å². The van der Waals surface area contributed by atoms with Gasteiger partial charge in [0.2, 0.25) is 0 Å². The molecular formula is C16H17FO3S. The van der Waals surface area contributed by atoms with Gasteiger partial charge in [-0.05, 0) is 29.8 Å². The second-order valence-corrected chi connectivity index (χ2v) is 5.43. The standard InChI is InChI=1S/C16H17FO3S/c1-19-14-8-7-11(9-12(14)17)13(18)10-21-16-6-4-3-5-15(16)20-2/h3-9,13,18H,10H2,1-2H3. The fraction of sp³-hybridized carbons (Fsp3) is 0.250. The van der Waals surface area contributed by atoms with Gasteiger partial charge in [0, 0.05) is 10.6 Å². The number of thioether (sulfide) groups is 1. The predicted molar refractivity (Wildman–Crippen MR) is 81.6 cm³/mol. The zero-order valence-corrected chi connectivity index (χ0v) is 12.7. The number of rotatable bonds is 6. The van der Waals surface area contributed by atoms with Crippen molar-refractivity contribution in [3.63, 3.8) is 0 Å². The first-order chi connectivity index (χ1) is 10.2. The fourth-order valence-corrected chi connectivity index (χ4v) is 2.89. The Balaban J connectivity index is 2.04. The Morgan fingerprint density at radius 2 is 1.81 bits per heavy atom. The number of halogens is 1. The fourth-order valence-electron chi connectivity index (χ4n) is 1.89. The highest BCUT2D eigenvalue weighted by Gasteiger charge is 2.13. The number of methoxy groups -OCH3 is 2. The molecular weight excluding hydrogens is 291 g/mol. The summed E-state index contributed by atoms with van der Waals surface area (Å²) in [5.74, 6) is 0.863. The van der Waals surface area contributed by atoms with Crippen LogP contribution in [0.25, 0.3) is 0 Å². The number of hydrogen-bond acceptors (Lipinski definition) is 4. The maximum Gasteiger partial charge on any atom is 0.165 e. The lowest BCUT2D eigenvalue weighted by Crippen LogP contribution is -2.02. The molecule has 21 heavy (non-hydrogen) atoms. The van der Waals surface area contributed by atoms with Crippen molar-refractivity contribution in [3.05, 3.63) is 53.8 Å². The first kappa shape index (κ1) is 15.7. The van der Waals surface area contributed by atoms with E-state index >= 15 is 0 Å². The molecule has 0 amide bonds. The van der Waals surface area contributed by atoms with Gasteiger partial charge in [0.05, 0.1) is 20.3 Å². The third-order valence-corrected chi connectivity index (χ3v) is 4.16. The summed E-state index contributed by atoms with van der Waals surface area (Å²) in [6, 6.07) is 12.1. The molecule has 1 atom stereocenters. The second kappa shape index (κ2) is 7.33. The van der Waals surface area contributed by atoms with Crippen LogP contribution in [0.15, 0.2) is 47.4 Å². The van der Waals surface area contributed by atoms with E-state index in [1.54, 1.807) is 13.2 Å².